The molecule has 4 rings (SSSR count). The van der Waals surface area contributed by atoms with Gasteiger partial charge in [-0.05, 0) is 45.2 Å². The monoisotopic (exact) mass is 340 g/mol. The van der Waals surface area contributed by atoms with Gasteiger partial charge in [-0.3, -0.25) is 4.79 Å². The molecular weight excluding hydrogens is 316 g/mol. The average Bonchev–Trinajstić information content (AvgIpc) is 2.52. The number of aromatic nitrogens is 3. The van der Waals surface area contributed by atoms with Gasteiger partial charge in [-0.15, -0.1) is 0 Å². The maximum atomic E-state index is 11.6. The number of anilines is 1. The molecule has 1 spiro atoms. The quantitative estimate of drug-likeness (QED) is 0.875. The standard InChI is InChI=1S/C19H24N4O2/c1-3-25-15-10-14(19(15)7-4-8-19)22-16-6-5-13(11-20-16)18-21-12(2)9-17(24)23-18/h5-6,9,11,14-15H,3-4,7-8,10H2,1-2H3,(H,20,22)(H,21,23,24). The van der Waals surface area contributed by atoms with E-state index in [2.05, 4.69) is 27.2 Å². The highest BCUT2D eigenvalue weighted by atomic mass is 16.5. The number of pyridine rings is 1. The third kappa shape index (κ3) is 2.84. The Labute approximate surface area is 147 Å². The van der Waals surface area contributed by atoms with Crippen LogP contribution in [0.3, 0.4) is 0 Å². The summed E-state index contributed by atoms with van der Waals surface area (Å²) in [6, 6.07) is 5.82. The first-order valence-electron chi connectivity index (χ1n) is 9.03. The summed E-state index contributed by atoms with van der Waals surface area (Å²) in [5, 5.41) is 3.58. The Balaban J connectivity index is 1.47. The molecule has 0 radical (unpaired) electrons. The molecule has 2 N–H and O–H groups in total. The Morgan fingerprint density at radius 1 is 1.40 bits per heavy atom. The van der Waals surface area contributed by atoms with Crippen LogP contribution in [0.15, 0.2) is 29.2 Å². The number of aromatic amines is 1. The minimum Gasteiger partial charge on any atom is -0.378 e. The van der Waals surface area contributed by atoms with E-state index in [9.17, 15) is 4.79 Å². The predicted octanol–water partition coefficient (Wildman–Crippen LogP) is 2.90. The van der Waals surface area contributed by atoms with Gasteiger partial charge in [0.05, 0.1) is 6.10 Å². The van der Waals surface area contributed by atoms with E-state index in [1.165, 1.54) is 25.3 Å². The van der Waals surface area contributed by atoms with Crippen molar-refractivity contribution in [2.75, 3.05) is 11.9 Å². The zero-order chi connectivity index (χ0) is 17.4. The van der Waals surface area contributed by atoms with Crippen LogP contribution in [0, 0.1) is 12.3 Å². The molecule has 6 heteroatoms. The summed E-state index contributed by atoms with van der Waals surface area (Å²) in [5.74, 6) is 1.42. The van der Waals surface area contributed by atoms with E-state index < -0.39 is 0 Å². The van der Waals surface area contributed by atoms with E-state index in [4.69, 9.17) is 4.74 Å². The van der Waals surface area contributed by atoms with E-state index >= 15 is 0 Å². The Morgan fingerprint density at radius 3 is 2.84 bits per heavy atom. The van der Waals surface area contributed by atoms with Crippen LogP contribution in [0.2, 0.25) is 0 Å². The van der Waals surface area contributed by atoms with Gasteiger partial charge in [0, 0.05) is 41.6 Å². The van der Waals surface area contributed by atoms with Gasteiger partial charge in [-0.1, -0.05) is 6.42 Å². The van der Waals surface area contributed by atoms with Gasteiger partial charge < -0.3 is 15.0 Å². The summed E-state index contributed by atoms with van der Waals surface area (Å²) in [7, 11) is 0. The van der Waals surface area contributed by atoms with Crippen molar-refractivity contribution >= 4 is 5.82 Å². The van der Waals surface area contributed by atoms with Gasteiger partial charge in [0.15, 0.2) is 0 Å². The first-order valence-corrected chi connectivity index (χ1v) is 9.03. The second kappa shape index (κ2) is 6.26. The number of rotatable bonds is 5. The molecule has 2 saturated carbocycles. The van der Waals surface area contributed by atoms with E-state index in [1.54, 1.807) is 6.20 Å². The molecule has 0 saturated heterocycles. The molecule has 0 aliphatic heterocycles. The number of hydrogen-bond acceptors (Lipinski definition) is 5. The second-order valence-corrected chi connectivity index (χ2v) is 7.13. The third-order valence-electron chi connectivity index (χ3n) is 5.67. The van der Waals surface area contributed by atoms with Crippen LogP contribution in [-0.2, 0) is 4.74 Å². The maximum absolute atomic E-state index is 11.6. The van der Waals surface area contributed by atoms with Crippen molar-refractivity contribution in [2.24, 2.45) is 5.41 Å². The van der Waals surface area contributed by atoms with Crippen molar-refractivity contribution in [1.29, 1.82) is 0 Å². The number of hydrogen-bond donors (Lipinski definition) is 2. The number of nitrogens with one attached hydrogen (secondary N) is 2. The molecule has 0 aromatic carbocycles. The molecule has 2 aliphatic carbocycles. The van der Waals surface area contributed by atoms with E-state index in [0.717, 1.165) is 24.4 Å². The smallest absolute Gasteiger partial charge is 0.251 e. The minimum absolute atomic E-state index is 0.145. The van der Waals surface area contributed by atoms with Crippen molar-refractivity contribution in [2.45, 2.75) is 51.7 Å². The van der Waals surface area contributed by atoms with Crippen LogP contribution in [0.4, 0.5) is 5.82 Å². The maximum Gasteiger partial charge on any atom is 0.251 e. The zero-order valence-corrected chi connectivity index (χ0v) is 14.7. The summed E-state index contributed by atoms with van der Waals surface area (Å²) in [4.78, 5) is 23.2. The predicted molar refractivity (Wildman–Crippen MR) is 96.6 cm³/mol. The molecule has 2 fully saturated rings. The van der Waals surface area contributed by atoms with Gasteiger partial charge in [0.1, 0.15) is 11.6 Å². The number of ether oxygens (including phenoxy) is 1. The number of nitrogens with zero attached hydrogens (tertiary/aromatic N) is 2. The van der Waals surface area contributed by atoms with Crippen LogP contribution in [0.5, 0.6) is 0 Å². The fourth-order valence-corrected chi connectivity index (χ4v) is 4.15. The van der Waals surface area contributed by atoms with Gasteiger partial charge >= 0.3 is 0 Å². The molecule has 2 aromatic heterocycles. The lowest BCUT2D eigenvalue weighted by Gasteiger charge is -2.61. The molecular formula is C19H24N4O2. The summed E-state index contributed by atoms with van der Waals surface area (Å²) in [5.41, 5.74) is 1.67. The molecule has 2 aromatic rings. The van der Waals surface area contributed by atoms with Crippen molar-refractivity contribution in [3.8, 4) is 11.4 Å². The van der Waals surface area contributed by atoms with Gasteiger partial charge in [0.25, 0.3) is 5.56 Å². The van der Waals surface area contributed by atoms with Gasteiger partial charge in [-0.25, -0.2) is 9.97 Å². The lowest BCUT2D eigenvalue weighted by molar-refractivity contribution is -0.157. The summed E-state index contributed by atoms with van der Waals surface area (Å²) in [6.45, 7) is 4.66. The first-order chi connectivity index (χ1) is 12.1. The first kappa shape index (κ1) is 16.3. The summed E-state index contributed by atoms with van der Waals surface area (Å²) >= 11 is 0. The molecule has 25 heavy (non-hydrogen) atoms. The highest BCUT2D eigenvalue weighted by Crippen LogP contribution is 2.58. The normalized spacial score (nSPS) is 23.8. The molecule has 0 amide bonds. The van der Waals surface area contributed by atoms with Crippen LogP contribution in [0.1, 0.15) is 38.3 Å². The summed E-state index contributed by atoms with van der Waals surface area (Å²) < 4.78 is 5.90. The molecule has 0 bridgehead atoms. The lowest BCUT2D eigenvalue weighted by atomic mass is 9.51. The van der Waals surface area contributed by atoms with Gasteiger partial charge in [-0.2, -0.15) is 0 Å². The fourth-order valence-electron chi connectivity index (χ4n) is 4.15. The Kier molecular flexibility index (Phi) is 4.07. The molecule has 2 atom stereocenters. The second-order valence-electron chi connectivity index (χ2n) is 7.13. The largest absolute Gasteiger partial charge is 0.378 e. The number of H-pyrrole nitrogens is 1. The molecule has 2 heterocycles. The highest BCUT2D eigenvalue weighted by Gasteiger charge is 2.58. The lowest BCUT2D eigenvalue weighted by Crippen LogP contribution is -2.64. The van der Waals surface area contributed by atoms with Crippen LogP contribution in [0.25, 0.3) is 11.4 Å². The van der Waals surface area contributed by atoms with Crippen molar-refractivity contribution < 1.29 is 4.74 Å². The van der Waals surface area contributed by atoms with Crippen LogP contribution < -0.4 is 10.9 Å². The van der Waals surface area contributed by atoms with Crippen molar-refractivity contribution in [1.82, 2.24) is 15.0 Å². The van der Waals surface area contributed by atoms with E-state index in [1.807, 2.05) is 19.1 Å². The Bertz CT molecular complexity index is 811. The van der Waals surface area contributed by atoms with E-state index in [-0.39, 0.29) is 5.56 Å². The summed E-state index contributed by atoms with van der Waals surface area (Å²) in [6.07, 6.45) is 6.96. The van der Waals surface area contributed by atoms with Crippen molar-refractivity contribution in [3.05, 3.63) is 40.4 Å². The Morgan fingerprint density at radius 2 is 2.24 bits per heavy atom. The average molecular weight is 340 g/mol. The highest BCUT2D eigenvalue weighted by molar-refractivity contribution is 5.56. The fraction of sp³-hybridized carbons (Fsp3) is 0.526. The third-order valence-corrected chi connectivity index (χ3v) is 5.67. The van der Waals surface area contributed by atoms with Crippen LogP contribution in [-0.4, -0.2) is 33.7 Å². The Hall–Kier alpha value is -2.21. The molecule has 2 unspecified atom stereocenters. The molecule has 6 nitrogen and oxygen atoms in total. The molecule has 132 valence electrons. The SMILES string of the molecule is CCOC1CC(Nc2ccc(-c3nc(C)cc(=O)[nH]3)cn2)C12CCC2. The van der Waals surface area contributed by atoms with Crippen LogP contribution >= 0.6 is 0 Å². The van der Waals surface area contributed by atoms with E-state index in [0.29, 0.717) is 29.1 Å². The zero-order valence-electron chi connectivity index (χ0n) is 14.7. The minimum atomic E-state index is -0.145. The van der Waals surface area contributed by atoms with Gasteiger partial charge in [0.2, 0.25) is 0 Å². The van der Waals surface area contributed by atoms with Crippen molar-refractivity contribution in [3.63, 3.8) is 0 Å². The topological polar surface area (TPSA) is 79.9 Å². The molecule has 2 aliphatic rings. The number of aryl methyl sites for hydroxylation is 1.